The van der Waals surface area contributed by atoms with Crippen molar-refractivity contribution in [3.8, 4) is 11.5 Å². The summed E-state index contributed by atoms with van der Waals surface area (Å²) in [6.07, 6.45) is 1.18. The van der Waals surface area contributed by atoms with Crippen LogP contribution in [-0.4, -0.2) is 53.7 Å². The second-order valence-electron chi connectivity index (χ2n) is 6.78. The Balaban J connectivity index is 1.29. The van der Waals surface area contributed by atoms with E-state index in [9.17, 15) is 4.79 Å². The zero-order valence-corrected chi connectivity index (χ0v) is 15.4. The molecule has 1 saturated heterocycles. The van der Waals surface area contributed by atoms with E-state index in [1.807, 2.05) is 36.1 Å². The number of piperazine rings is 1. The SMILES string of the molecule is Cc1cc(N2CCN(C(=O)CCc3ccc4c(c3)OCO4)CC2)nc(N)n1. The van der Waals surface area contributed by atoms with Crippen molar-refractivity contribution in [2.24, 2.45) is 0 Å². The van der Waals surface area contributed by atoms with Gasteiger partial charge in [0, 0.05) is 44.4 Å². The third kappa shape index (κ3) is 3.89. The Hall–Kier alpha value is -3.03. The number of nitrogen functional groups attached to an aromatic ring is 1. The fourth-order valence-corrected chi connectivity index (χ4v) is 3.43. The number of amides is 1. The Kier molecular flexibility index (Phi) is 4.70. The number of nitrogens with two attached hydrogens (primary N) is 1. The molecule has 8 heteroatoms. The van der Waals surface area contributed by atoms with Crippen molar-refractivity contribution in [2.75, 3.05) is 43.6 Å². The highest BCUT2D eigenvalue weighted by Crippen LogP contribution is 2.32. The molecule has 2 aliphatic heterocycles. The Morgan fingerprint density at radius 2 is 1.89 bits per heavy atom. The number of aryl methyl sites for hydroxylation is 2. The van der Waals surface area contributed by atoms with Gasteiger partial charge in [-0.2, -0.15) is 4.98 Å². The van der Waals surface area contributed by atoms with E-state index < -0.39 is 0 Å². The molecule has 0 spiro atoms. The zero-order chi connectivity index (χ0) is 18.8. The maximum Gasteiger partial charge on any atom is 0.231 e. The molecule has 1 aromatic carbocycles. The summed E-state index contributed by atoms with van der Waals surface area (Å²) in [6.45, 7) is 5.01. The van der Waals surface area contributed by atoms with Crippen LogP contribution < -0.4 is 20.1 Å². The summed E-state index contributed by atoms with van der Waals surface area (Å²) in [6, 6.07) is 7.76. The number of hydrogen-bond acceptors (Lipinski definition) is 7. The fourth-order valence-electron chi connectivity index (χ4n) is 3.43. The molecule has 4 rings (SSSR count). The van der Waals surface area contributed by atoms with Crippen LogP contribution in [0.1, 0.15) is 17.7 Å². The van der Waals surface area contributed by atoms with Gasteiger partial charge in [0.15, 0.2) is 11.5 Å². The second-order valence-corrected chi connectivity index (χ2v) is 6.78. The van der Waals surface area contributed by atoms with Crippen LogP contribution in [0.3, 0.4) is 0 Å². The number of hydrogen-bond donors (Lipinski definition) is 1. The molecule has 1 fully saturated rings. The van der Waals surface area contributed by atoms with Gasteiger partial charge in [-0.1, -0.05) is 6.07 Å². The highest BCUT2D eigenvalue weighted by Gasteiger charge is 2.22. The monoisotopic (exact) mass is 369 g/mol. The summed E-state index contributed by atoms with van der Waals surface area (Å²) in [4.78, 5) is 25.0. The third-order valence-electron chi connectivity index (χ3n) is 4.88. The van der Waals surface area contributed by atoms with Crippen LogP contribution in [0, 0.1) is 6.92 Å². The molecule has 1 aromatic heterocycles. The standard InChI is InChI=1S/C19H23N5O3/c1-13-10-17(22-19(20)21-13)23-6-8-24(9-7-23)18(25)5-3-14-2-4-15-16(11-14)27-12-26-15/h2,4,10-11H,3,5-9,12H2,1H3,(H2,20,21,22). The van der Waals surface area contributed by atoms with Gasteiger partial charge in [0.05, 0.1) is 0 Å². The summed E-state index contributed by atoms with van der Waals surface area (Å²) in [7, 11) is 0. The molecule has 0 bridgehead atoms. The van der Waals surface area contributed by atoms with Crippen molar-refractivity contribution >= 4 is 17.7 Å². The molecule has 8 nitrogen and oxygen atoms in total. The van der Waals surface area contributed by atoms with Crippen LogP contribution in [0.5, 0.6) is 11.5 Å². The molecule has 0 unspecified atom stereocenters. The first-order valence-corrected chi connectivity index (χ1v) is 9.11. The van der Waals surface area contributed by atoms with Gasteiger partial charge in [0.1, 0.15) is 5.82 Å². The fraction of sp³-hybridized carbons (Fsp3) is 0.421. The van der Waals surface area contributed by atoms with E-state index >= 15 is 0 Å². The summed E-state index contributed by atoms with van der Waals surface area (Å²) < 4.78 is 10.7. The maximum atomic E-state index is 12.6. The average molecular weight is 369 g/mol. The molecule has 0 radical (unpaired) electrons. The van der Waals surface area contributed by atoms with Crippen molar-refractivity contribution in [3.63, 3.8) is 0 Å². The molecular weight excluding hydrogens is 346 g/mol. The Labute approximate surface area is 157 Å². The summed E-state index contributed by atoms with van der Waals surface area (Å²) in [5.74, 6) is 2.81. The summed E-state index contributed by atoms with van der Waals surface area (Å²) in [5.41, 5.74) is 7.67. The van der Waals surface area contributed by atoms with Crippen molar-refractivity contribution in [1.29, 1.82) is 0 Å². The minimum Gasteiger partial charge on any atom is -0.454 e. The Bertz CT molecular complexity index is 829. The minimum atomic E-state index is 0.172. The lowest BCUT2D eigenvalue weighted by Gasteiger charge is -2.35. The van der Waals surface area contributed by atoms with Gasteiger partial charge in [-0.05, 0) is 31.0 Å². The maximum absolute atomic E-state index is 12.6. The summed E-state index contributed by atoms with van der Waals surface area (Å²) >= 11 is 0. The number of anilines is 2. The number of aromatic nitrogens is 2. The highest BCUT2D eigenvalue weighted by atomic mass is 16.7. The van der Waals surface area contributed by atoms with Crippen LogP contribution in [0.15, 0.2) is 24.3 Å². The van der Waals surface area contributed by atoms with E-state index in [4.69, 9.17) is 15.2 Å². The molecule has 0 aliphatic carbocycles. The normalized spacial score (nSPS) is 15.9. The number of fused-ring (bicyclic) bond motifs is 1. The first-order valence-electron chi connectivity index (χ1n) is 9.11. The molecule has 2 aromatic rings. The molecule has 0 saturated carbocycles. The van der Waals surface area contributed by atoms with E-state index in [0.29, 0.717) is 25.9 Å². The van der Waals surface area contributed by atoms with Crippen LogP contribution in [-0.2, 0) is 11.2 Å². The molecule has 2 N–H and O–H groups in total. The number of carbonyl (C=O) groups is 1. The number of nitrogens with zero attached hydrogens (tertiary/aromatic N) is 4. The van der Waals surface area contributed by atoms with Gasteiger partial charge in [0.2, 0.25) is 18.6 Å². The number of carbonyl (C=O) groups excluding carboxylic acids is 1. The largest absolute Gasteiger partial charge is 0.454 e. The van der Waals surface area contributed by atoms with Crippen LogP contribution in [0.4, 0.5) is 11.8 Å². The minimum absolute atomic E-state index is 0.172. The zero-order valence-electron chi connectivity index (χ0n) is 15.4. The lowest BCUT2D eigenvalue weighted by Crippen LogP contribution is -2.49. The molecule has 1 amide bonds. The second kappa shape index (κ2) is 7.30. The highest BCUT2D eigenvalue weighted by molar-refractivity contribution is 5.76. The van der Waals surface area contributed by atoms with Crippen molar-refractivity contribution in [2.45, 2.75) is 19.8 Å². The number of ether oxygens (including phenoxy) is 2. The average Bonchev–Trinajstić information content (AvgIpc) is 3.13. The molecule has 142 valence electrons. The van der Waals surface area contributed by atoms with Gasteiger partial charge >= 0.3 is 0 Å². The van der Waals surface area contributed by atoms with E-state index in [-0.39, 0.29) is 18.6 Å². The van der Waals surface area contributed by atoms with Gasteiger partial charge < -0.3 is 25.0 Å². The summed E-state index contributed by atoms with van der Waals surface area (Å²) in [5, 5.41) is 0. The van der Waals surface area contributed by atoms with Gasteiger partial charge in [-0.25, -0.2) is 4.98 Å². The van der Waals surface area contributed by atoms with Crippen LogP contribution >= 0.6 is 0 Å². The Morgan fingerprint density at radius 1 is 1.11 bits per heavy atom. The van der Waals surface area contributed by atoms with Gasteiger partial charge in [0.25, 0.3) is 0 Å². The third-order valence-corrected chi connectivity index (χ3v) is 4.88. The molecule has 0 atom stereocenters. The number of rotatable bonds is 4. The van der Waals surface area contributed by atoms with Crippen molar-refractivity contribution < 1.29 is 14.3 Å². The molecule has 2 aliphatic rings. The quantitative estimate of drug-likeness (QED) is 0.870. The van der Waals surface area contributed by atoms with Crippen molar-refractivity contribution in [1.82, 2.24) is 14.9 Å². The van der Waals surface area contributed by atoms with Crippen LogP contribution in [0.2, 0.25) is 0 Å². The predicted octanol–water partition coefficient (Wildman–Crippen LogP) is 1.38. The van der Waals surface area contributed by atoms with Crippen molar-refractivity contribution in [3.05, 3.63) is 35.5 Å². The first kappa shape index (κ1) is 17.4. The lowest BCUT2D eigenvalue weighted by atomic mass is 10.1. The lowest BCUT2D eigenvalue weighted by molar-refractivity contribution is -0.131. The number of benzene rings is 1. The van der Waals surface area contributed by atoms with Crippen LogP contribution in [0.25, 0.3) is 0 Å². The van der Waals surface area contributed by atoms with E-state index in [2.05, 4.69) is 14.9 Å². The van der Waals surface area contributed by atoms with Gasteiger partial charge in [-0.3, -0.25) is 4.79 Å². The molecule has 3 heterocycles. The smallest absolute Gasteiger partial charge is 0.231 e. The Morgan fingerprint density at radius 3 is 2.67 bits per heavy atom. The van der Waals surface area contributed by atoms with Gasteiger partial charge in [-0.15, -0.1) is 0 Å². The van der Waals surface area contributed by atoms with E-state index in [0.717, 1.165) is 41.7 Å². The molecule has 27 heavy (non-hydrogen) atoms. The molecular formula is C19H23N5O3. The topological polar surface area (TPSA) is 93.8 Å². The predicted molar refractivity (Wildman–Crippen MR) is 101 cm³/mol. The first-order chi connectivity index (χ1) is 13.1. The van der Waals surface area contributed by atoms with E-state index in [1.165, 1.54) is 0 Å². The van der Waals surface area contributed by atoms with E-state index in [1.54, 1.807) is 0 Å².